The van der Waals surface area contributed by atoms with Gasteiger partial charge in [0.05, 0.1) is 57.8 Å². The number of rotatable bonds is 20. The van der Waals surface area contributed by atoms with Crippen molar-refractivity contribution in [2.75, 3.05) is 59.5 Å². The molecule has 0 N–H and O–H groups in total. The molecule has 1 rings (SSSR count). The van der Waals surface area contributed by atoms with E-state index >= 15 is 0 Å². The summed E-state index contributed by atoms with van der Waals surface area (Å²) in [5.74, 6) is 0. The van der Waals surface area contributed by atoms with Crippen molar-refractivity contribution in [1.82, 2.24) is 0 Å². The molecular weight excluding hydrogens is 396 g/mol. The van der Waals surface area contributed by atoms with E-state index in [1.165, 1.54) is 37.8 Å². The summed E-state index contributed by atoms with van der Waals surface area (Å²) >= 11 is 0. The van der Waals surface area contributed by atoms with Crippen LogP contribution in [0.1, 0.15) is 39.0 Å². The second kappa shape index (κ2) is 17.8. The van der Waals surface area contributed by atoms with E-state index in [0.717, 1.165) is 13.0 Å². The van der Waals surface area contributed by atoms with Crippen molar-refractivity contribution in [3.05, 3.63) is 30.3 Å². The zero-order valence-corrected chi connectivity index (χ0v) is 18.4. The molecule has 0 aliphatic carbocycles. The zero-order valence-electron chi connectivity index (χ0n) is 17.6. The molecular formula is C21H36O7S. The summed E-state index contributed by atoms with van der Waals surface area (Å²) < 4.78 is 50.3. The summed E-state index contributed by atoms with van der Waals surface area (Å²) in [5, 5.41) is 0. The smallest absolute Gasteiger partial charge is 0.297 e. The van der Waals surface area contributed by atoms with Gasteiger partial charge in [-0.3, -0.25) is 4.18 Å². The minimum atomic E-state index is -3.72. The largest absolute Gasteiger partial charge is 0.379 e. The van der Waals surface area contributed by atoms with E-state index in [0.29, 0.717) is 39.6 Å². The molecule has 0 saturated carbocycles. The Bertz CT molecular complexity index is 578. The normalized spacial score (nSPS) is 11.8. The average Bonchev–Trinajstić information content (AvgIpc) is 2.73. The van der Waals surface area contributed by atoms with Gasteiger partial charge in [-0.25, -0.2) is 0 Å². The lowest BCUT2D eigenvalue weighted by Crippen LogP contribution is -2.15. The van der Waals surface area contributed by atoms with Gasteiger partial charge in [0.2, 0.25) is 0 Å². The fraction of sp³-hybridized carbons (Fsp3) is 0.714. The van der Waals surface area contributed by atoms with E-state index in [9.17, 15) is 8.42 Å². The maximum absolute atomic E-state index is 11.9. The highest BCUT2D eigenvalue weighted by Gasteiger charge is 2.13. The van der Waals surface area contributed by atoms with Crippen LogP contribution in [0.15, 0.2) is 35.2 Å². The molecule has 0 amide bonds. The summed E-state index contributed by atoms with van der Waals surface area (Å²) in [6.07, 6.45) is 6.21. The van der Waals surface area contributed by atoms with E-state index in [1.807, 2.05) is 0 Å². The second-order valence-electron chi connectivity index (χ2n) is 6.45. The van der Waals surface area contributed by atoms with Gasteiger partial charge < -0.3 is 18.9 Å². The standard InChI is InChI=1S/C21H36O7S/c1-2-3-4-5-9-12-24-13-14-25-15-16-26-17-18-27-19-20-28-29(22,23)21-10-7-6-8-11-21/h6-8,10-11H,2-5,9,12-20H2,1H3. The van der Waals surface area contributed by atoms with Crippen molar-refractivity contribution >= 4 is 10.1 Å². The third kappa shape index (κ3) is 14.6. The molecule has 0 radical (unpaired) electrons. The molecule has 1 aromatic carbocycles. The van der Waals surface area contributed by atoms with Crippen LogP contribution in [0.2, 0.25) is 0 Å². The Labute approximate surface area is 175 Å². The first-order chi connectivity index (χ1) is 14.2. The number of unbranched alkanes of at least 4 members (excludes halogenated alkanes) is 4. The van der Waals surface area contributed by atoms with Crippen LogP contribution in [0.25, 0.3) is 0 Å². The maximum atomic E-state index is 11.9. The molecule has 0 aromatic heterocycles. The molecule has 7 nitrogen and oxygen atoms in total. The van der Waals surface area contributed by atoms with Gasteiger partial charge >= 0.3 is 0 Å². The number of benzene rings is 1. The average molecular weight is 433 g/mol. The van der Waals surface area contributed by atoms with E-state index in [-0.39, 0.29) is 18.1 Å². The lowest BCUT2D eigenvalue weighted by Gasteiger charge is -2.08. The highest BCUT2D eigenvalue weighted by Crippen LogP contribution is 2.10. The molecule has 0 atom stereocenters. The molecule has 29 heavy (non-hydrogen) atoms. The van der Waals surface area contributed by atoms with Crippen LogP contribution in [-0.4, -0.2) is 67.9 Å². The summed E-state index contributed by atoms with van der Waals surface area (Å²) in [5.41, 5.74) is 0. The first-order valence-electron chi connectivity index (χ1n) is 10.4. The van der Waals surface area contributed by atoms with Crippen molar-refractivity contribution in [1.29, 1.82) is 0 Å². The molecule has 0 fully saturated rings. The van der Waals surface area contributed by atoms with Crippen LogP contribution in [0.5, 0.6) is 0 Å². The first kappa shape index (κ1) is 26.0. The summed E-state index contributed by atoms with van der Waals surface area (Å²) in [4.78, 5) is 0.140. The van der Waals surface area contributed by atoms with Crippen LogP contribution >= 0.6 is 0 Å². The van der Waals surface area contributed by atoms with E-state index < -0.39 is 10.1 Å². The molecule has 0 unspecified atom stereocenters. The van der Waals surface area contributed by atoms with Gasteiger partial charge in [0, 0.05) is 6.61 Å². The number of hydrogen-bond acceptors (Lipinski definition) is 7. The minimum absolute atomic E-state index is 0.0288. The molecule has 0 aliphatic heterocycles. The van der Waals surface area contributed by atoms with Crippen molar-refractivity contribution in [3.8, 4) is 0 Å². The summed E-state index contributed by atoms with van der Waals surface area (Å²) in [7, 11) is -3.72. The van der Waals surface area contributed by atoms with Gasteiger partial charge in [0.15, 0.2) is 0 Å². The molecule has 0 aliphatic rings. The van der Waals surface area contributed by atoms with Gasteiger partial charge in [-0.2, -0.15) is 8.42 Å². The molecule has 8 heteroatoms. The highest BCUT2D eigenvalue weighted by molar-refractivity contribution is 7.86. The Morgan fingerprint density at radius 1 is 0.621 bits per heavy atom. The van der Waals surface area contributed by atoms with Gasteiger partial charge in [0.1, 0.15) is 0 Å². The predicted octanol–water partition coefficient (Wildman–Crippen LogP) is 3.43. The monoisotopic (exact) mass is 432 g/mol. The third-order valence-corrected chi connectivity index (χ3v) is 5.33. The summed E-state index contributed by atoms with van der Waals surface area (Å²) in [6, 6.07) is 8.03. The van der Waals surface area contributed by atoms with Crippen LogP contribution in [0.3, 0.4) is 0 Å². The van der Waals surface area contributed by atoms with Crippen molar-refractivity contribution in [2.45, 2.75) is 43.9 Å². The topological polar surface area (TPSA) is 80.3 Å². The van der Waals surface area contributed by atoms with Crippen LogP contribution in [0.4, 0.5) is 0 Å². The lowest BCUT2D eigenvalue weighted by atomic mass is 10.2. The molecule has 0 bridgehead atoms. The van der Waals surface area contributed by atoms with Gasteiger partial charge in [-0.15, -0.1) is 0 Å². The first-order valence-corrected chi connectivity index (χ1v) is 11.8. The Hall–Kier alpha value is -1.03. The quantitative estimate of drug-likeness (QED) is 0.231. The molecule has 0 spiro atoms. The molecule has 0 saturated heterocycles. The van der Waals surface area contributed by atoms with Gasteiger partial charge in [-0.1, -0.05) is 50.8 Å². The van der Waals surface area contributed by atoms with Crippen molar-refractivity contribution in [3.63, 3.8) is 0 Å². The highest BCUT2D eigenvalue weighted by atomic mass is 32.2. The van der Waals surface area contributed by atoms with Crippen LogP contribution < -0.4 is 0 Å². The number of ether oxygens (including phenoxy) is 4. The number of hydrogen-bond donors (Lipinski definition) is 0. The molecule has 1 aromatic rings. The van der Waals surface area contributed by atoms with E-state index in [4.69, 9.17) is 23.1 Å². The maximum Gasteiger partial charge on any atom is 0.297 e. The Morgan fingerprint density at radius 3 is 1.66 bits per heavy atom. The third-order valence-electron chi connectivity index (χ3n) is 4.01. The van der Waals surface area contributed by atoms with E-state index in [1.54, 1.807) is 18.2 Å². The van der Waals surface area contributed by atoms with Gasteiger partial charge in [-0.05, 0) is 18.6 Å². The van der Waals surface area contributed by atoms with Crippen molar-refractivity contribution in [2.24, 2.45) is 0 Å². The fourth-order valence-electron chi connectivity index (χ4n) is 2.43. The van der Waals surface area contributed by atoms with Crippen LogP contribution in [-0.2, 0) is 33.2 Å². The molecule has 168 valence electrons. The van der Waals surface area contributed by atoms with Gasteiger partial charge in [0.25, 0.3) is 10.1 Å². The lowest BCUT2D eigenvalue weighted by molar-refractivity contribution is -0.00468. The summed E-state index contributed by atoms with van der Waals surface area (Å²) in [6.45, 7) is 6.14. The minimum Gasteiger partial charge on any atom is -0.379 e. The SMILES string of the molecule is CCCCCCCOCCOCCOCCOCCOS(=O)(=O)c1ccccc1. The fourth-order valence-corrected chi connectivity index (χ4v) is 3.34. The van der Waals surface area contributed by atoms with E-state index in [2.05, 4.69) is 6.92 Å². The zero-order chi connectivity index (χ0) is 21.0. The van der Waals surface area contributed by atoms with Crippen LogP contribution in [0, 0.1) is 0 Å². The Morgan fingerprint density at radius 2 is 1.10 bits per heavy atom. The van der Waals surface area contributed by atoms with Crippen molar-refractivity contribution < 1.29 is 31.5 Å². The second-order valence-corrected chi connectivity index (χ2v) is 8.07. The Balaban J connectivity index is 1.80. The molecule has 0 heterocycles. The Kier molecular flexibility index (Phi) is 16.0. The predicted molar refractivity (Wildman–Crippen MR) is 112 cm³/mol.